The van der Waals surface area contributed by atoms with Crippen LogP contribution in [-0.4, -0.2) is 30.6 Å². The molecule has 1 aromatic rings. The van der Waals surface area contributed by atoms with Gasteiger partial charge in [-0.15, -0.1) is 11.3 Å². The minimum atomic E-state index is -0.379. The van der Waals surface area contributed by atoms with Crippen LogP contribution >= 0.6 is 11.3 Å². The van der Waals surface area contributed by atoms with Crippen LogP contribution in [0.5, 0.6) is 0 Å². The number of hydrogen-bond donors (Lipinski definition) is 1. The van der Waals surface area contributed by atoms with Gasteiger partial charge in [-0.1, -0.05) is 6.92 Å². The second-order valence-corrected chi connectivity index (χ2v) is 6.52. The van der Waals surface area contributed by atoms with Gasteiger partial charge in [-0.25, -0.2) is 4.79 Å². The average molecular weight is 307 g/mol. The number of anilines is 1. The largest absolute Gasteiger partial charge is 0.462 e. The van der Waals surface area contributed by atoms with Crippen LogP contribution in [0, 0.1) is 17.2 Å². The smallest absolute Gasteiger partial charge is 0.348 e. The topological polar surface area (TPSA) is 79.3 Å². The maximum Gasteiger partial charge on any atom is 0.348 e. The molecule has 1 aliphatic heterocycles. The van der Waals surface area contributed by atoms with Gasteiger partial charge in [-0.3, -0.25) is 4.90 Å². The first kappa shape index (κ1) is 15.8. The summed E-state index contributed by atoms with van der Waals surface area (Å²) in [5, 5.41) is 9.72. The van der Waals surface area contributed by atoms with Crippen LogP contribution in [0.4, 0.5) is 5.00 Å². The summed E-state index contributed by atoms with van der Waals surface area (Å²) < 4.78 is 5.08. The van der Waals surface area contributed by atoms with E-state index in [0.717, 1.165) is 36.4 Å². The molecule has 1 aromatic heterocycles. The van der Waals surface area contributed by atoms with Crippen molar-refractivity contribution in [2.24, 2.45) is 5.92 Å². The molecule has 1 fully saturated rings. The molecule has 2 heterocycles. The third kappa shape index (κ3) is 3.55. The summed E-state index contributed by atoms with van der Waals surface area (Å²) >= 11 is 1.16. The van der Waals surface area contributed by atoms with Crippen LogP contribution in [0.2, 0.25) is 0 Å². The molecule has 21 heavy (non-hydrogen) atoms. The molecule has 0 bridgehead atoms. The Labute approximate surface area is 129 Å². The number of carbonyl (C=O) groups is 1. The highest BCUT2D eigenvalue weighted by Crippen LogP contribution is 2.33. The van der Waals surface area contributed by atoms with E-state index in [1.54, 1.807) is 6.92 Å². The summed E-state index contributed by atoms with van der Waals surface area (Å²) in [6, 6.07) is 2.13. The summed E-state index contributed by atoms with van der Waals surface area (Å²) in [4.78, 5) is 14.8. The summed E-state index contributed by atoms with van der Waals surface area (Å²) in [6.45, 7) is 6.89. The molecule has 0 aliphatic carbocycles. The normalized spacial score (nSPS) is 19.2. The van der Waals surface area contributed by atoms with Crippen molar-refractivity contribution in [1.82, 2.24) is 4.90 Å². The van der Waals surface area contributed by atoms with E-state index in [2.05, 4.69) is 17.9 Å². The number of nitrogens with zero attached hydrogens (tertiary/aromatic N) is 2. The van der Waals surface area contributed by atoms with Crippen LogP contribution in [0.3, 0.4) is 0 Å². The van der Waals surface area contributed by atoms with Gasteiger partial charge < -0.3 is 10.5 Å². The van der Waals surface area contributed by atoms with Gasteiger partial charge in [0.2, 0.25) is 0 Å². The number of hydrogen-bond acceptors (Lipinski definition) is 6. The van der Waals surface area contributed by atoms with E-state index in [9.17, 15) is 10.1 Å². The molecule has 6 heteroatoms. The lowest BCUT2D eigenvalue weighted by atomic mass is 9.99. The van der Waals surface area contributed by atoms with E-state index in [4.69, 9.17) is 10.5 Å². The van der Waals surface area contributed by atoms with Crippen molar-refractivity contribution in [3.8, 4) is 6.07 Å². The second kappa shape index (κ2) is 6.92. The highest BCUT2D eigenvalue weighted by molar-refractivity contribution is 7.18. The molecule has 1 atom stereocenters. The second-order valence-electron chi connectivity index (χ2n) is 5.46. The third-order valence-electron chi connectivity index (χ3n) is 3.73. The van der Waals surface area contributed by atoms with Crippen LogP contribution in [-0.2, 0) is 11.3 Å². The lowest BCUT2D eigenvalue weighted by Crippen LogP contribution is -2.34. The van der Waals surface area contributed by atoms with Crippen LogP contribution in [0.25, 0.3) is 0 Å². The maximum atomic E-state index is 12.1. The van der Waals surface area contributed by atoms with E-state index < -0.39 is 0 Å². The maximum absolute atomic E-state index is 12.1. The van der Waals surface area contributed by atoms with Crippen molar-refractivity contribution in [3.05, 3.63) is 16.0 Å². The lowest BCUT2D eigenvalue weighted by molar-refractivity contribution is 0.0529. The Kier molecular flexibility index (Phi) is 5.21. The van der Waals surface area contributed by atoms with E-state index in [0.29, 0.717) is 34.5 Å². The van der Waals surface area contributed by atoms with Crippen molar-refractivity contribution >= 4 is 22.3 Å². The monoisotopic (exact) mass is 307 g/mol. The van der Waals surface area contributed by atoms with Crippen molar-refractivity contribution in [3.63, 3.8) is 0 Å². The number of nitrogen functional groups attached to an aromatic ring is 1. The van der Waals surface area contributed by atoms with Gasteiger partial charge in [0.15, 0.2) is 0 Å². The quantitative estimate of drug-likeness (QED) is 0.865. The SMILES string of the molecule is CCOC(=O)c1sc(N)c(C#N)c1CN1CCC[C@H](C)C1. The first-order valence-corrected chi connectivity index (χ1v) is 8.09. The Bertz CT molecular complexity index is 562. The Morgan fingerprint density at radius 2 is 2.38 bits per heavy atom. The van der Waals surface area contributed by atoms with Gasteiger partial charge in [0.1, 0.15) is 15.9 Å². The number of nitrogens with two attached hydrogens (primary N) is 1. The average Bonchev–Trinajstić information content (AvgIpc) is 2.75. The predicted molar refractivity (Wildman–Crippen MR) is 83.1 cm³/mol. The molecule has 0 aromatic carbocycles. The minimum absolute atomic E-state index is 0.318. The predicted octanol–water partition coefficient (Wildman–Crippen LogP) is 2.61. The first-order valence-electron chi connectivity index (χ1n) is 7.27. The molecule has 1 saturated heterocycles. The van der Waals surface area contributed by atoms with Gasteiger partial charge in [0.25, 0.3) is 0 Å². The number of thiophene rings is 1. The molecule has 0 saturated carbocycles. The molecule has 2 N–H and O–H groups in total. The van der Waals surface area contributed by atoms with Crippen molar-refractivity contribution in [1.29, 1.82) is 5.26 Å². The first-order chi connectivity index (χ1) is 10.1. The standard InChI is InChI=1S/C15H21N3O2S/c1-3-20-15(19)13-12(11(7-16)14(17)21-13)9-18-6-4-5-10(2)8-18/h10H,3-6,8-9,17H2,1-2H3/t10-/m0/s1. The molecule has 0 spiro atoms. The van der Waals surface area contributed by atoms with Gasteiger partial charge >= 0.3 is 5.97 Å². The van der Waals surface area contributed by atoms with Crippen molar-refractivity contribution in [2.45, 2.75) is 33.2 Å². The summed E-state index contributed by atoms with van der Waals surface area (Å²) in [7, 11) is 0. The fourth-order valence-electron chi connectivity index (χ4n) is 2.77. The zero-order valence-corrected chi connectivity index (χ0v) is 13.3. The number of carbonyl (C=O) groups excluding carboxylic acids is 1. The molecule has 0 unspecified atom stereocenters. The Hall–Kier alpha value is -1.58. The number of rotatable bonds is 4. The number of ether oxygens (including phenoxy) is 1. The van der Waals surface area contributed by atoms with Crippen molar-refractivity contribution < 1.29 is 9.53 Å². The third-order valence-corrected chi connectivity index (χ3v) is 4.77. The molecule has 114 valence electrons. The summed E-state index contributed by atoms with van der Waals surface area (Å²) in [6.07, 6.45) is 2.38. The fourth-order valence-corrected chi connectivity index (χ4v) is 3.70. The minimum Gasteiger partial charge on any atom is -0.462 e. The molecular formula is C15H21N3O2S. The summed E-state index contributed by atoms with van der Waals surface area (Å²) in [5.41, 5.74) is 7.05. The summed E-state index contributed by atoms with van der Waals surface area (Å²) in [5.74, 6) is 0.266. The number of nitriles is 1. The Morgan fingerprint density at radius 1 is 1.62 bits per heavy atom. The highest BCUT2D eigenvalue weighted by atomic mass is 32.1. The number of likely N-dealkylation sites (tertiary alicyclic amines) is 1. The van der Waals surface area contributed by atoms with Crippen molar-refractivity contribution in [2.75, 3.05) is 25.4 Å². The molecule has 0 amide bonds. The van der Waals surface area contributed by atoms with E-state index in [-0.39, 0.29) is 5.97 Å². The molecule has 0 radical (unpaired) electrons. The zero-order chi connectivity index (χ0) is 15.4. The molecule has 2 rings (SSSR count). The Morgan fingerprint density at radius 3 is 3.00 bits per heavy atom. The molecule has 1 aliphatic rings. The van der Waals surface area contributed by atoms with E-state index in [1.807, 2.05) is 0 Å². The van der Waals surface area contributed by atoms with Gasteiger partial charge in [0.05, 0.1) is 12.2 Å². The van der Waals surface area contributed by atoms with Gasteiger partial charge in [-0.05, 0) is 32.2 Å². The van der Waals surface area contributed by atoms with Gasteiger partial charge in [0, 0.05) is 18.7 Å². The highest BCUT2D eigenvalue weighted by Gasteiger charge is 2.25. The number of piperidine rings is 1. The van der Waals surface area contributed by atoms with Crippen LogP contribution < -0.4 is 5.73 Å². The van der Waals surface area contributed by atoms with Gasteiger partial charge in [-0.2, -0.15) is 5.26 Å². The molecule has 5 nitrogen and oxygen atoms in total. The van der Waals surface area contributed by atoms with E-state index >= 15 is 0 Å². The lowest BCUT2D eigenvalue weighted by Gasteiger charge is -2.30. The Balaban J connectivity index is 2.27. The zero-order valence-electron chi connectivity index (χ0n) is 12.5. The molecular weight excluding hydrogens is 286 g/mol. The van der Waals surface area contributed by atoms with E-state index in [1.165, 1.54) is 6.42 Å². The van der Waals surface area contributed by atoms with Crippen LogP contribution in [0.15, 0.2) is 0 Å². The van der Waals surface area contributed by atoms with Crippen LogP contribution in [0.1, 0.15) is 47.5 Å². The number of esters is 1. The fraction of sp³-hybridized carbons (Fsp3) is 0.600.